The summed E-state index contributed by atoms with van der Waals surface area (Å²) in [6, 6.07) is 6.69. The van der Waals surface area contributed by atoms with Crippen molar-refractivity contribution in [2.75, 3.05) is 4.72 Å². The standard InChI is InChI=1S/C11H12N4O4S/c1-8-7-11(14(2)12-8)13-20(18,19)10-6-4-3-5-9(10)15(16)17/h3-7,13H,1-2H3. The SMILES string of the molecule is Cc1cc(NS(=O)(=O)c2ccccc2[N+](=O)[O-])n(C)n1. The number of sulfonamides is 1. The fraction of sp³-hybridized carbons (Fsp3) is 0.182. The van der Waals surface area contributed by atoms with Crippen molar-refractivity contribution in [3.8, 4) is 0 Å². The molecule has 0 fully saturated rings. The number of nitrogens with one attached hydrogen (secondary N) is 1. The third kappa shape index (κ3) is 2.62. The lowest BCUT2D eigenvalue weighted by molar-refractivity contribution is -0.387. The minimum Gasteiger partial charge on any atom is -0.263 e. The van der Waals surface area contributed by atoms with Crippen LogP contribution in [0.1, 0.15) is 5.69 Å². The molecule has 9 heteroatoms. The van der Waals surface area contributed by atoms with Crippen LogP contribution in [0.15, 0.2) is 35.2 Å². The fourth-order valence-corrected chi connectivity index (χ4v) is 2.99. The van der Waals surface area contributed by atoms with Crippen molar-refractivity contribution in [3.05, 3.63) is 46.1 Å². The van der Waals surface area contributed by atoms with Gasteiger partial charge >= 0.3 is 0 Å². The molecule has 1 aromatic carbocycles. The molecule has 0 aliphatic carbocycles. The lowest BCUT2D eigenvalue weighted by atomic mass is 10.3. The number of para-hydroxylation sites is 1. The van der Waals surface area contributed by atoms with Gasteiger partial charge < -0.3 is 0 Å². The van der Waals surface area contributed by atoms with Crippen LogP contribution >= 0.6 is 0 Å². The number of aromatic nitrogens is 2. The van der Waals surface area contributed by atoms with Crippen molar-refractivity contribution in [2.45, 2.75) is 11.8 Å². The van der Waals surface area contributed by atoms with Crippen LogP contribution < -0.4 is 4.72 Å². The molecule has 20 heavy (non-hydrogen) atoms. The summed E-state index contributed by atoms with van der Waals surface area (Å²) >= 11 is 0. The topological polar surface area (TPSA) is 107 Å². The van der Waals surface area contributed by atoms with Gasteiger partial charge in [0, 0.05) is 19.2 Å². The van der Waals surface area contributed by atoms with Crippen molar-refractivity contribution in [1.82, 2.24) is 9.78 Å². The summed E-state index contributed by atoms with van der Waals surface area (Å²) in [5.41, 5.74) is 0.159. The zero-order valence-corrected chi connectivity index (χ0v) is 11.6. The van der Waals surface area contributed by atoms with Crippen LogP contribution in [0.2, 0.25) is 0 Å². The Morgan fingerprint density at radius 2 is 2.00 bits per heavy atom. The molecule has 1 heterocycles. The third-order valence-electron chi connectivity index (χ3n) is 2.59. The predicted molar refractivity (Wildman–Crippen MR) is 71.8 cm³/mol. The van der Waals surface area contributed by atoms with E-state index in [1.807, 2.05) is 0 Å². The number of anilines is 1. The summed E-state index contributed by atoms with van der Waals surface area (Å²) in [5, 5.41) is 14.9. The van der Waals surface area contributed by atoms with E-state index < -0.39 is 20.6 Å². The van der Waals surface area contributed by atoms with Crippen LogP contribution in [0.3, 0.4) is 0 Å². The van der Waals surface area contributed by atoms with Gasteiger partial charge in [-0.25, -0.2) is 8.42 Å². The van der Waals surface area contributed by atoms with Gasteiger partial charge in [0.2, 0.25) is 0 Å². The molecule has 0 aliphatic heterocycles. The van der Waals surface area contributed by atoms with Gasteiger partial charge in [0.15, 0.2) is 4.90 Å². The van der Waals surface area contributed by atoms with Gasteiger partial charge in [-0.05, 0) is 13.0 Å². The zero-order chi connectivity index (χ0) is 14.9. The summed E-state index contributed by atoms with van der Waals surface area (Å²) in [4.78, 5) is 9.77. The summed E-state index contributed by atoms with van der Waals surface area (Å²) in [6.07, 6.45) is 0. The van der Waals surface area contributed by atoms with Crippen LogP contribution in [-0.2, 0) is 17.1 Å². The Labute approximate surface area is 115 Å². The number of rotatable bonds is 4. The van der Waals surface area contributed by atoms with E-state index in [-0.39, 0.29) is 10.7 Å². The minimum atomic E-state index is -4.05. The van der Waals surface area contributed by atoms with Crippen LogP contribution in [-0.4, -0.2) is 23.1 Å². The van der Waals surface area contributed by atoms with Gasteiger partial charge in [-0.1, -0.05) is 12.1 Å². The molecule has 106 valence electrons. The van der Waals surface area contributed by atoms with Gasteiger partial charge in [-0.15, -0.1) is 0 Å². The second-order valence-corrected chi connectivity index (χ2v) is 5.78. The number of hydrogen-bond donors (Lipinski definition) is 1. The molecule has 0 atom stereocenters. The lowest BCUT2D eigenvalue weighted by Crippen LogP contribution is -2.16. The van der Waals surface area contributed by atoms with Crippen molar-refractivity contribution < 1.29 is 13.3 Å². The molecule has 0 unspecified atom stereocenters. The summed E-state index contributed by atoms with van der Waals surface area (Å²) in [6.45, 7) is 1.71. The largest absolute Gasteiger partial charge is 0.289 e. The molecule has 0 bridgehead atoms. The number of hydrogen-bond acceptors (Lipinski definition) is 5. The molecule has 8 nitrogen and oxygen atoms in total. The van der Waals surface area contributed by atoms with Gasteiger partial charge in [0.05, 0.1) is 10.6 Å². The monoisotopic (exact) mass is 296 g/mol. The highest BCUT2D eigenvalue weighted by Crippen LogP contribution is 2.25. The Morgan fingerprint density at radius 1 is 1.35 bits per heavy atom. The van der Waals surface area contributed by atoms with Crippen LogP contribution in [0.5, 0.6) is 0 Å². The van der Waals surface area contributed by atoms with E-state index in [4.69, 9.17) is 0 Å². The molecular weight excluding hydrogens is 284 g/mol. The maximum absolute atomic E-state index is 12.2. The lowest BCUT2D eigenvalue weighted by Gasteiger charge is -2.08. The molecular formula is C11H12N4O4S. The van der Waals surface area contributed by atoms with Crippen molar-refractivity contribution >= 4 is 21.5 Å². The molecule has 0 saturated heterocycles. The van der Waals surface area contributed by atoms with E-state index in [0.717, 1.165) is 6.07 Å². The van der Waals surface area contributed by atoms with Crippen LogP contribution in [0.25, 0.3) is 0 Å². The number of aryl methyl sites for hydroxylation is 2. The fourth-order valence-electron chi connectivity index (χ4n) is 1.73. The Kier molecular flexibility index (Phi) is 3.45. The Bertz CT molecular complexity index is 766. The number of benzene rings is 1. The van der Waals surface area contributed by atoms with Crippen molar-refractivity contribution in [1.29, 1.82) is 0 Å². The maximum atomic E-state index is 12.2. The first kappa shape index (κ1) is 14.0. The molecule has 0 aliphatic rings. The second-order valence-electron chi connectivity index (χ2n) is 4.12. The molecule has 0 amide bonds. The van der Waals surface area contributed by atoms with Crippen molar-refractivity contribution in [3.63, 3.8) is 0 Å². The molecule has 0 saturated carbocycles. The molecule has 1 N–H and O–H groups in total. The Hall–Kier alpha value is -2.42. The van der Waals surface area contributed by atoms with Gasteiger partial charge in [-0.3, -0.25) is 19.5 Å². The number of nitro groups is 1. The van der Waals surface area contributed by atoms with E-state index in [1.165, 1.54) is 28.9 Å². The number of nitro benzene ring substituents is 1. The van der Waals surface area contributed by atoms with Gasteiger partial charge in [0.25, 0.3) is 15.7 Å². The van der Waals surface area contributed by atoms with E-state index in [1.54, 1.807) is 14.0 Å². The second kappa shape index (κ2) is 4.93. The molecule has 0 spiro atoms. The average molecular weight is 296 g/mol. The van der Waals surface area contributed by atoms with Gasteiger partial charge in [0.1, 0.15) is 5.82 Å². The Morgan fingerprint density at radius 3 is 2.55 bits per heavy atom. The zero-order valence-electron chi connectivity index (χ0n) is 10.8. The van der Waals surface area contributed by atoms with Crippen molar-refractivity contribution in [2.24, 2.45) is 7.05 Å². The summed E-state index contributed by atoms with van der Waals surface area (Å²) < 4.78 is 28.1. The normalized spacial score (nSPS) is 11.3. The summed E-state index contributed by atoms with van der Waals surface area (Å²) in [5.74, 6) is 0.237. The number of nitrogens with zero attached hydrogens (tertiary/aromatic N) is 3. The minimum absolute atomic E-state index is 0.237. The highest BCUT2D eigenvalue weighted by atomic mass is 32.2. The van der Waals surface area contributed by atoms with Gasteiger partial charge in [-0.2, -0.15) is 5.10 Å². The van der Waals surface area contributed by atoms with E-state index in [9.17, 15) is 18.5 Å². The smallest absolute Gasteiger partial charge is 0.263 e. The van der Waals surface area contributed by atoms with E-state index in [2.05, 4.69) is 9.82 Å². The predicted octanol–water partition coefficient (Wildman–Crippen LogP) is 1.44. The summed E-state index contributed by atoms with van der Waals surface area (Å²) in [7, 11) is -2.48. The molecule has 2 rings (SSSR count). The molecule has 2 aromatic rings. The molecule has 1 aromatic heterocycles. The first-order valence-corrected chi connectivity index (χ1v) is 7.06. The third-order valence-corrected chi connectivity index (χ3v) is 3.99. The quantitative estimate of drug-likeness (QED) is 0.678. The highest BCUT2D eigenvalue weighted by Gasteiger charge is 2.25. The first-order chi connectivity index (χ1) is 9.31. The van der Waals surface area contributed by atoms with Crippen LogP contribution in [0.4, 0.5) is 11.5 Å². The highest BCUT2D eigenvalue weighted by molar-refractivity contribution is 7.92. The average Bonchev–Trinajstić information content (AvgIpc) is 2.67. The van der Waals surface area contributed by atoms with E-state index >= 15 is 0 Å². The van der Waals surface area contributed by atoms with E-state index in [0.29, 0.717) is 5.69 Å². The Balaban J connectivity index is 2.46. The maximum Gasteiger partial charge on any atom is 0.289 e. The first-order valence-electron chi connectivity index (χ1n) is 5.58. The molecule has 0 radical (unpaired) electrons. The van der Waals surface area contributed by atoms with Crippen LogP contribution in [0, 0.1) is 17.0 Å².